The number of piperidine rings is 1. The van der Waals surface area contributed by atoms with Gasteiger partial charge in [-0.25, -0.2) is 0 Å². The molecule has 2 unspecified atom stereocenters. The van der Waals surface area contributed by atoms with E-state index >= 15 is 0 Å². The minimum Gasteiger partial charge on any atom is -0.466 e. The van der Waals surface area contributed by atoms with Crippen LogP contribution in [0.2, 0.25) is 0 Å². The van der Waals surface area contributed by atoms with E-state index in [-0.39, 0.29) is 40.6 Å². The van der Waals surface area contributed by atoms with E-state index in [1.807, 2.05) is 27.7 Å². The molecule has 6 nitrogen and oxygen atoms in total. The van der Waals surface area contributed by atoms with Crippen LogP contribution in [-0.2, 0) is 20.3 Å². The van der Waals surface area contributed by atoms with Crippen molar-refractivity contribution in [3.63, 3.8) is 0 Å². The number of halogens is 1. The number of aliphatic imine (C=N–C) groups is 1. The molecule has 24 heavy (non-hydrogen) atoms. The lowest BCUT2D eigenvalue weighted by molar-refractivity contribution is -0.149. The number of guanidine groups is 1. The van der Waals surface area contributed by atoms with Crippen LogP contribution < -0.4 is 5.32 Å². The highest BCUT2D eigenvalue weighted by Crippen LogP contribution is 2.18. The molecule has 1 N–H and O–H groups in total. The summed E-state index contributed by atoms with van der Waals surface area (Å²) in [6.45, 7) is 10.3. The highest BCUT2D eigenvalue weighted by atomic mass is 127. The predicted octanol–water partition coefficient (Wildman–Crippen LogP) is 2.00. The van der Waals surface area contributed by atoms with E-state index in [0.717, 1.165) is 25.3 Å². The second-order valence-electron chi connectivity index (χ2n) is 6.67. The molecular formula is C16H32IN3O3S. The van der Waals surface area contributed by atoms with Crippen molar-refractivity contribution in [2.45, 2.75) is 45.3 Å². The number of rotatable bonds is 5. The Hall–Kier alpha value is -0.380. The SMILES string of the molecule is CCOC(=O)C1CCCN(C(=NC)NCCS(=O)C(C)(C)C)C1.I. The van der Waals surface area contributed by atoms with Crippen LogP contribution in [0.3, 0.4) is 0 Å². The van der Waals surface area contributed by atoms with Crippen molar-refractivity contribution >= 4 is 46.7 Å². The third-order valence-electron chi connectivity index (χ3n) is 3.81. The second kappa shape index (κ2) is 11.3. The van der Waals surface area contributed by atoms with Gasteiger partial charge >= 0.3 is 5.97 Å². The number of nitrogens with zero attached hydrogens (tertiary/aromatic N) is 2. The number of carbonyl (C=O) groups excluding carboxylic acids is 1. The fourth-order valence-corrected chi connectivity index (χ4v) is 3.42. The third kappa shape index (κ3) is 7.67. The Bertz CT molecular complexity index is 452. The van der Waals surface area contributed by atoms with Crippen molar-refractivity contribution in [2.75, 3.05) is 39.0 Å². The van der Waals surface area contributed by atoms with Crippen molar-refractivity contribution in [1.29, 1.82) is 0 Å². The number of ether oxygens (including phenoxy) is 1. The van der Waals surface area contributed by atoms with Crippen molar-refractivity contribution in [1.82, 2.24) is 10.2 Å². The molecule has 1 fully saturated rings. The van der Waals surface area contributed by atoms with Gasteiger partial charge in [0.25, 0.3) is 0 Å². The Labute approximate surface area is 165 Å². The maximum atomic E-state index is 12.1. The Morgan fingerprint density at radius 1 is 1.42 bits per heavy atom. The number of likely N-dealkylation sites (tertiary alicyclic amines) is 1. The monoisotopic (exact) mass is 473 g/mol. The first-order valence-electron chi connectivity index (χ1n) is 8.30. The fraction of sp³-hybridized carbons (Fsp3) is 0.875. The molecule has 0 bridgehead atoms. The average molecular weight is 473 g/mol. The largest absolute Gasteiger partial charge is 0.466 e. The van der Waals surface area contributed by atoms with Gasteiger partial charge in [0.15, 0.2) is 5.96 Å². The molecular weight excluding hydrogens is 441 g/mol. The smallest absolute Gasteiger partial charge is 0.310 e. The maximum absolute atomic E-state index is 12.1. The summed E-state index contributed by atoms with van der Waals surface area (Å²) >= 11 is 0. The van der Waals surface area contributed by atoms with Gasteiger partial charge in [0.05, 0.1) is 12.5 Å². The normalized spacial score (nSPS) is 20.1. The lowest BCUT2D eigenvalue weighted by Crippen LogP contribution is -2.49. The van der Waals surface area contributed by atoms with Gasteiger partial charge in [-0.15, -0.1) is 24.0 Å². The highest BCUT2D eigenvalue weighted by Gasteiger charge is 2.28. The Morgan fingerprint density at radius 2 is 2.08 bits per heavy atom. The van der Waals surface area contributed by atoms with Crippen LogP contribution in [0.15, 0.2) is 4.99 Å². The van der Waals surface area contributed by atoms with Gasteiger partial charge in [0.2, 0.25) is 0 Å². The number of hydrogen-bond donors (Lipinski definition) is 1. The van der Waals surface area contributed by atoms with Crippen molar-refractivity contribution in [2.24, 2.45) is 10.9 Å². The van der Waals surface area contributed by atoms with Crippen molar-refractivity contribution < 1.29 is 13.7 Å². The third-order valence-corrected chi connectivity index (χ3v) is 5.75. The zero-order chi connectivity index (χ0) is 17.5. The number of esters is 1. The number of carbonyl (C=O) groups is 1. The first-order valence-corrected chi connectivity index (χ1v) is 9.62. The number of nitrogens with one attached hydrogen (secondary N) is 1. The van der Waals surface area contributed by atoms with Crippen LogP contribution in [0, 0.1) is 5.92 Å². The number of hydrogen-bond acceptors (Lipinski definition) is 4. The molecule has 0 amide bonds. The molecule has 0 aromatic heterocycles. The Kier molecular flexibility index (Phi) is 11.1. The zero-order valence-electron chi connectivity index (χ0n) is 15.5. The summed E-state index contributed by atoms with van der Waals surface area (Å²) in [6, 6.07) is 0. The van der Waals surface area contributed by atoms with Gasteiger partial charge in [-0.1, -0.05) is 0 Å². The van der Waals surface area contributed by atoms with E-state index in [0.29, 0.717) is 25.4 Å². The summed E-state index contributed by atoms with van der Waals surface area (Å²) in [5.41, 5.74) is 0. The molecule has 0 aromatic rings. The van der Waals surface area contributed by atoms with Gasteiger partial charge in [-0.05, 0) is 40.5 Å². The summed E-state index contributed by atoms with van der Waals surface area (Å²) in [7, 11) is 0.845. The van der Waals surface area contributed by atoms with Crippen LogP contribution >= 0.6 is 24.0 Å². The van der Waals surface area contributed by atoms with E-state index in [1.54, 1.807) is 7.05 Å². The molecule has 0 radical (unpaired) electrons. The van der Waals surface area contributed by atoms with Crippen molar-refractivity contribution in [3.05, 3.63) is 0 Å². The summed E-state index contributed by atoms with van der Waals surface area (Å²) in [4.78, 5) is 18.3. The lowest BCUT2D eigenvalue weighted by atomic mass is 9.98. The van der Waals surface area contributed by atoms with Crippen LogP contribution in [-0.4, -0.2) is 64.8 Å². The topological polar surface area (TPSA) is 71.0 Å². The van der Waals surface area contributed by atoms with Crippen LogP contribution in [0.25, 0.3) is 0 Å². The van der Waals surface area contributed by atoms with E-state index in [2.05, 4.69) is 15.2 Å². The quantitative estimate of drug-likeness (QED) is 0.286. The minimum absolute atomic E-state index is 0. The second-order valence-corrected chi connectivity index (χ2v) is 9.00. The zero-order valence-corrected chi connectivity index (χ0v) is 18.6. The molecule has 0 spiro atoms. The van der Waals surface area contributed by atoms with Gasteiger partial charge in [0.1, 0.15) is 0 Å². The molecule has 2 atom stereocenters. The van der Waals surface area contributed by atoms with Crippen LogP contribution in [0.5, 0.6) is 0 Å². The molecule has 1 rings (SSSR count). The fourth-order valence-electron chi connectivity index (χ4n) is 2.52. The highest BCUT2D eigenvalue weighted by molar-refractivity contribution is 14.0. The first-order chi connectivity index (χ1) is 10.8. The molecule has 0 aliphatic carbocycles. The van der Waals surface area contributed by atoms with Gasteiger partial charge in [-0.3, -0.25) is 14.0 Å². The Balaban J connectivity index is 0.00000529. The standard InChI is InChI=1S/C16H31N3O3S.HI/c1-6-22-14(20)13-8-7-10-19(12-13)15(17-5)18-9-11-23(21)16(2,3)4;/h13H,6-12H2,1-5H3,(H,17,18);1H. The minimum atomic E-state index is -0.888. The average Bonchev–Trinajstić information content (AvgIpc) is 2.50. The van der Waals surface area contributed by atoms with E-state index in [1.165, 1.54) is 0 Å². The molecule has 8 heteroatoms. The summed E-state index contributed by atoms with van der Waals surface area (Å²) < 4.78 is 17.0. The summed E-state index contributed by atoms with van der Waals surface area (Å²) in [5.74, 6) is 1.13. The molecule has 142 valence electrons. The molecule has 0 aromatic carbocycles. The van der Waals surface area contributed by atoms with Crippen LogP contribution in [0.4, 0.5) is 0 Å². The van der Waals surface area contributed by atoms with E-state index in [4.69, 9.17) is 4.74 Å². The van der Waals surface area contributed by atoms with E-state index < -0.39 is 10.8 Å². The molecule has 1 saturated heterocycles. The summed E-state index contributed by atoms with van der Waals surface area (Å²) in [5, 5.41) is 3.26. The van der Waals surface area contributed by atoms with Crippen molar-refractivity contribution in [3.8, 4) is 0 Å². The Morgan fingerprint density at radius 3 is 2.62 bits per heavy atom. The maximum Gasteiger partial charge on any atom is 0.310 e. The molecule has 1 aliphatic rings. The first kappa shape index (κ1) is 23.6. The summed E-state index contributed by atoms with van der Waals surface area (Å²) in [6.07, 6.45) is 1.80. The lowest BCUT2D eigenvalue weighted by Gasteiger charge is -2.34. The molecule has 1 heterocycles. The van der Waals surface area contributed by atoms with Gasteiger partial charge < -0.3 is 15.0 Å². The van der Waals surface area contributed by atoms with Crippen LogP contribution in [0.1, 0.15) is 40.5 Å². The molecule has 1 aliphatic heterocycles. The predicted molar refractivity (Wildman–Crippen MR) is 110 cm³/mol. The van der Waals surface area contributed by atoms with E-state index in [9.17, 15) is 9.00 Å². The van der Waals surface area contributed by atoms with Gasteiger partial charge in [0, 0.05) is 48.0 Å². The molecule has 0 saturated carbocycles. The van der Waals surface area contributed by atoms with Gasteiger partial charge in [-0.2, -0.15) is 0 Å².